The quantitative estimate of drug-likeness (QED) is 0.651. The summed E-state index contributed by atoms with van der Waals surface area (Å²) in [7, 11) is 3.13. The Balaban J connectivity index is 2.10. The molecule has 1 amide bonds. The molecule has 0 bridgehead atoms. The Morgan fingerprint density at radius 3 is 2.25 bits per heavy atom. The molecule has 0 heterocycles. The molecule has 2 rings (SSSR count). The minimum Gasteiger partial charge on any atom is -0.497 e. The van der Waals surface area contributed by atoms with Crippen LogP contribution >= 0.6 is 0 Å². The second-order valence-electron chi connectivity index (χ2n) is 5.11. The number of carbonyl (C=O) groups is 2. The number of ketones is 1. The van der Waals surface area contributed by atoms with Gasteiger partial charge in [-0.15, -0.1) is 0 Å². The minimum absolute atomic E-state index is 0.0508. The molecule has 5 nitrogen and oxygen atoms in total. The number of ether oxygens (including phenoxy) is 2. The van der Waals surface area contributed by atoms with E-state index in [2.05, 4.69) is 5.32 Å². The van der Waals surface area contributed by atoms with Crippen molar-refractivity contribution >= 4 is 23.5 Å². The molecule has 2 aromatic rings. The molecule has 0 aliphatic carbocycles. The van der Waals surface area contributed by atoms with Crippen molar-refractivity contribution in [2.75, 3.05) is 19.5 Å². The highest BCUT2D eigenvalue weighted by atomic mass is 16.5. The van der Waals surface area contributed by atoms with E-state index in [1.165, 1.54) is 13.0 Å². The summed E-state index contributed by atoms with van der Waals surface area (Å²) in [4.78, 5) is 23.4. The highest BCUT2D eigenvalue weighted by Gasteiger charge is 2.03. The predicted octanol–water partition coefficient (Wildman–Crippen LogP) is 3.56. The van der Waals surface area contributed by atoms with Gasteiger partial charge in [-0.25, -0.2) is 0 Å². The van der Waals surface area contributed by atoms with E-state index in [1.807, 2.05) is 0 Å². The Kier molecular flexibility index (Phi) is 5.73. The zero-order valence-corrected chi connectivity index (χ0v) is 13.8. The maximum absolute atomic E-state index is 12.0. The van der Waals surface area contributed by atoms with Gasteiger partial charge in [0.25, 0.3) is 0 Å². The van der Waals surface area contributed by atoms with Crippen LogP contribution in [0.15, 0.2) is 48.5 Å². The third kappa shape index (κ3) is 4.71. The number of anilines is 1. The molecular formula is C19H19NO4. The fourth-order valence-electron chi connectivity index (χ4n) is 2.10. The van der Waals surface area contributed by atoms with Crippen LogP contribution in [0.2, 0.25) is 0 Å². The molecule has 0 aliphatic heterocycles. The lowest BCUT2D eigenvalue weighted by Gasteiger charge is -2.06. The van der Waals surface area contributed by atoms with E-state index in [-0.39, 0.29) is 11.7 Å². The molecule has 0 spiro atoms. The Morgan fingerprint density at radius 1 is 1.00 bits per heavy atom. The number of amides is 1. The van der Waals surface area contributed by atoms with Gasteiger partial charge in [0.15, 0.2) is 5.78 Å². The lowest BCUT2D eigenvalue weighted by molar-refractivity contribution is -0.111. The van der Waals surface area contributed by atoms with Crippen LogP contribution in [0.1, 0.15) is 22.8 Å². The van der Waals surface area contributed by atoms with E-state index in [4.69, 9.17) is 9.47 Å². The van der Waals surface area contributed by atoms with Gasteiger partial charge in [-0.2, -0.15) is 0 Å². The van der Waals surface area contributed by atoms with Crippen LogP contribution in [-0.2, 0) is 4.79 Å². The highest BCUT2D eigenvalue weighted by Crippen LogP contribution is 2.23. The van der Waals surface area contributed by atoms with Gasteiger partial charge in [-0.3, -0.25) is 9.59 Å². The molecular weight excluding hydrogens is 306 g/mol. The van der Waals surface area contributed by atoms with Crippen molar-refractivity contribution in [1.82, 2.24) is 0 Å². The van der Waals surface area contributed by atoms with Crippen LogP contribution in [-0.4, -0.2) is 25.9 Å². The SMILES string of the molecule is COc1cc(/C=C/C(=O)Nc2cccc(C(C)=O)c2)cc(OC)c1. The maximum atomic E-state index is 12.0. The molecule has 0 radical (unpaired) electrons. The Morgan fingerprint density at radius 2 is 1.67 bits per heavy atom. The second-order valence-corrected chi connectivity index (χ2v) is 5.11. The third-order valence-corrected chi connectivity index (χ3v) is 3.34. The molecule has 0 unspecified atom stereocenters. The first kappa shape index (κ1) is 17.3. The molecule has 5 heteroatoms. The number of carbonyl (C=O) groups excluding carboxylic acids is 2. The van der Waals surface area contributed by atoms with Crippen molar-refractivity contribution in [3.05, 3.63) is 59.7 Å². The van der Waals surface area contributed by atoms with Gasteiger partial charge < -0.3 is 14.8 Å². The molecule has 24 heavy (non-hydrogen) atoms. The molecule has 124 valence electrons. The normalized spacial score (nSPS) is 10.5. The maximum Gasteiger partial charge on any atom is 0.248 e. The second kappa shape index (κ2) is 7.97. The smallest absolute Gasteiger partial charge is 0.248 e. The fraction of sp³-hybridized carbons (Fsp3) is 0.158. The van der Waals surface area contributed by atoms with Gasteiger partial charge in [0.1, 0.15) is 11.5 Å². The number of Topliss-reactive ketones (excluding diaryl/α,β-unsaturated/α-hetero) is 1. The van der Waals surface area contributed by atoms with Crippen molar-refractivity contribution in [2.24, 2.45) is 0 Å². The zero-order chi connectivity index (χ0) is 17.5. The van der Waals surface area contributed by atoms with Crippen molar-refractivity contribution in [3.8, 4) is 11.5 Å². The number of benzene rings is 2. The van der Waals surface area contributed by atoms with Crippen LogP contribution in [0.25, 0.3) is 6.08 Å². The first-order chi connectivity index (χ1) is 11.5. The molecule has 2 aromatic carbocycles. The molecule has 0 saturated heterocycles. The van der Waals surface area contributed by atoms with Crippen molar-refractivity contribution in [1.29, 1.82) is 0 Å². The van der Waals surface area contributed by atoms with Crippen LogP contribution in [0.3, 0.4) is 0 Å². The highest BCUT2D eigenvalue weighted by molar-refractivity contribution is 6.03. The van der Waals surface area contributed by atoms with Gasteiger partial charge in [0, 0.05) is 23.4 Å². The van der Waals surface area contributed by atoms with E-state index in [0.717, 1.165) is 5.56 Å². The summed E-state index contributed by atoms with van der Waals surface area (Å²) in [6.07, 6.45) is 3.07. The van der Waals surface area contributed by atoms with Crippen LogP contribution in [0.4, 0.5) is 5.69 Å². The average molecular weight is 325 g/mol. The monoisotopic (exact) mass is 325 g/mol. The van der Waals surface area contributed by atoms with E-state index in [0.29, 0.717) is 22.7 Å². The Bertz CT molecular complexity index is 758. The van der Waals surface area contributed by atoms with Gasteiger partial charge >= 0.3 is 0 Å². The largest absolute Gasteiger partial charge is 0.497 e. The molecule has 0 atom stereocenters. The summed E-state index contributed by atoms with van der Waals surface area (Å²) in [6, 6.07) is 12.1. The molecule has 0 saturated carbocycles. The number of methoxy groups -OCH3 is 2. The first-order valence-corrected chi connectivity index (χ1v) is 7.35. The fourth-order valence-corrected chi connectivity index (χ4v) is 2.10. The molecule has 0 aliphatic rings. The zero-order valence-electron chi connectivity index (χ0n) is 13.8. The topological polar surface area (TPSA) is 64.6 Å². The Hall–Kier alpha value is -3.08. The summed E-state index contributed by atoms with van der Waals surface area (Å²) in [5.41, 5.74) is 1.90. The van der Waals surface area contributed by atoms with E-state index < -0.39 is 0 Å². The third-order valence-electron chi connectivity index (χ3n) is 3.34. The number of rotatable bonds is 6. The lowest BCUT2D eigenvalue weighted by atomic mass is 10.1. The summed E-state index contributed by atoms with van der Waals surface area (Å²) in [5.74, 6) is 0.940. The molecule has 1 N–H and O–H groups in total. The minimum atomic E-state index is -0.294. The van der Waals surface area contributed by atoms with Crippen molar-refractivity contribution in [3.63, 3.8) is 0 Å². The van der Waals surface area contributed by atoms with Crippen LogP contribution in [0, 0.1) is 0 Å². The summed E-state index contributed by atoms with van der Waals surface area (Å²) in [5, 5.41) is 2.72. The van der Waals surface area contributed by atoms with Gasteiger partial charge in [0.05, 0.1) is 14.2 Å². The van der Waals surface area contributed by atoms with E-state index in [1.54, 1.807) is 62.8 Å². The van der Waals surface area contributed by atoms with Crippen LogP contribution in [0.5, 0.6) is 11.5 Å². The van der Waals surface area contributed by atoms with Gasteiger partial charge in [-0.05, 0) is 42.8 Å². The molecule has 0 fully saturated rings. The summed E-state index contributed by atoms with van der Waals surface area (Å²) < 4.78 is 10.4. The van der Waals surface area contributed by atoms with E-state index >= 15 is 0 Å². The standard InChI is InChI=1S/C19H19NO4/c1-13(21)15-5-4-6-16(11-15)20-19(22)8-7-14-9-17(23-2)12-18(10-14)24-3/h4-12H,1-3H3,(H,20,22)/b8-7+. The van der Waals surface area contributed by atoms with Crippen LogP contribution < -0.4 is 14.8 Å². The van der Waals surface area contributed by atoms with Crippen molar-refractivity contribution in [2.45, 2.75) is 6.92 Å². The summed E-state index contributed by atoms with van der Waals surface area (Å²) in [6.45, 7) is 1.48. The number of nitrogens with one attached hydrogen (secondary N) is 1. The lowest BCUT2D eigenvalue weighted by Crippen LogP contribution is -2.08. The first-order valence-electron chi connectivity index (χ1n) is 7.35. The van der Waals surface area contributed by atoms with Gasteiger partial charge in [-0.1, -0.05) is 12.1 Å². The Labute approximate surface area is 140 Å². The summed E-state index contributed by atoms with van der Waals surface area (Å²) >= 11 is 0. The van der Waals surface area contributed by atoms with Crippen molar-refractivity contribution < 1.29 is 19.1 Å². The van der Waals surface area contributed by atoms with Gasteiger partial charge in [0.2, 0.25) is 5.91 Å². The van der Waals surface area contributed by atoms with E-state index in [9.17, 15) is 9.59 Å². The number of hydrogen-bond acceptors (Lipinski definition) is 4. The average Bonchev–Trinajstić information content (AvgIpc) is 2.59. The molecule has 0 aromatic heterocycles. The predicted molar refractivity (Wildman–Crippen MR) is 93.7 cm³/mol. The number of hydrogen-bond donors (Lipinski definition) is 1.